The maximum absolute atomic E-state index is 12.4. The summed E-state index contributed by atoms with van der Waals surface area (Å²) >= 11 is 0. The van der Waals surface area contributed by atoms with Gasteiger partial charge in [-0.2, -0.15) is 5.10 Å². The van der Waals surface area contributed by atoms with Crippen LogP contribution in [-0.2, 0) is 11.2 Å². The molecule has 0 aliphatic carbocycles. The lowest BCUT2D eigenvalue weighted by atomic mass is 10.1. The van der Waals surface area contributed by atoms with Gasteiger partial charge >= 0.3 is 0 Å². The number of methoxy groups -OCH3 is 1. The molecule has 0 spiro atoms. The molecule has 4 rings (SSSR count). The second kappa shape index (κ2) is 9.16. The Morgan fingerprint density at radius 3 is 2.52 bits per heavy atom. The average molecular weight is 421 g/mol. The van der Waals surface area contributed by atoms with Crippen LogP contribution < -0.4 is 15.0 Å². The van der Waals surface area contributed by atoms with E-state index in [-0.39, 0.29) is 5.91 Å². The van der Waals surface area contributed by atoms with E-state index in [2.05, 4.69) is 20.2 Å². The maximum Gasteiger partial charge on any atom is 0.224 e. The van der Waals surface area contributed by atoms with Gasteiger partial charge in [-0.15, -0.1) is 0 Å². The molecule has 1 N–H and O–H groups in total. The van der Waals surface area contributed by atoms with Gasteiger partial charge in [0.05, 0.1) is 12.8 Å². The Labute approximate surface area is 182 Å². The molecule has 1 amide bonds. The smallest absolute Gasteiger partial charge is 0.224 e. The molecular formula is C23H28N6O2. The molecule has 0 radical (unpaired) electrons. The molecule has 0 bridgehead atoms. The number of aryl methyl sites for hydroxylation is 1. The molecule has 0 atom stereocenters. The number of rotatable bonds is 7. The Hall–Kier alpha value is -3.42. The Balaban J connectivity index is 1.44. The SMILES string of the molecule is COc1ccc(NC(=O)CCc2c(C)nn(-c3cc(N4CCCC4)ncn3)c2C)cc1. The van der Waals surface area contributed by atoms with Crippen molar-refractivity contribution in [3.05, 3.63) is 53.6 Å². The van der Waals surface area contributed by atoms with Gasteiger partial charge in [0.15, 0.2) is 5.82 Å². The summed E-state index contributed by atoms with van der Waals surface area (Å²) in [7, 11) is 1.62. The maximum atomic E-state index is 12.4. The van der Waals surface area contributed by atoms with Crippen molar-refractivity contribution < 1.29 is 9.53 Å². The third kappa shape index (κ3) is 4.68. The third-order valence-electron chi connectivity index (χ3n) is 5.70. The lowest BCUT2D eigenvalue weighted by Gasteiger charge is -2.16. The second-order valence-corrected chi connectivity index (χ2v) is 7.77. The number of ether oxygens (including phenoxy) is 1. The molecule has 1 fully saturated rings. The molecule has 3 heterocycles. The van der Waals surface area contributed by atoms with Gasteiger partial charge in [0.2, 0.25) is 5.91 Å². The number of benzene rings is 1. The lowest BCUT2D eigenvalue weighted by Crippen LogP contribution is -2.19. The first-order chi connectivity index (χ1) is 15.0. The zero-order chi connectivity index (χ0) is 21.8. The van der Waals surface area contributed by atoms with E-state index in [0.29, 0.717) is 12.8 Å². The van der Waals surface area contributed by atoms with Gasteiger partial charge in [0, 0.05) is 37.0 Å². The number of carbonyl (C=O) groups is 1. The van der Waals surface area contributed by atoms with Crippen LogP contribution in [0.4, 0.5) is 11.5 Å². The van der Waals surface area contributed by atoms with Crippen LogP contribution in [0.25, 0.3) is 5.82 Å². The van der Waals surface area contributed by atoms with Crippen molar-refractivity contribution in [2.45, 2.75) is 39.5 Å². The number of nitrogens with one attached hydrogen (secondary N) is 1. The normalized spacial score (nSPS) is 13.5. The standard InChI is InChI=1S/C23H28N6O2/c1-16-20(10-11-23(30)26-18-6-8-19(31-3)9-7-18)17(2)29(27-16)22-14-21(24-15-25-22)28-12-4-5-13-28/h6-9,14-15H,4-5,10-13H2,1-3H3,(H,26,30). The molecule has 1 aliphatic rings. The average Bonchev–Trinajstić information content (AvgIpc) is 3.42. The summed E-state index contributed by atoms with van der Waals surface area (Å²) in [5, 5.41) is 7.62. The van der Waals surface area contributed by atoms with Crippen LogP contribution in [0.5, 0.6) is 5.75 Å². The lowest BCUT2D eigenvalue weighted by molar-refractivity contribution is -0.116. The number of aromatic nitrogens is 4. The summed E-state index contributed by atoms with van der Waals surface area (Å²) in [6.45, 7) is 6.06. The Morgan fingerprint density at radius 1 is 1.10 bits per heavy atom. The third-order valence-corrected chi connectivity index (χ3v) is 5.70. The molecular weight excluding hydrogens is 392 g/mol. The Morgan fingerprint density at radius 2 is 1.81 bits per heavy atom. The van der Waals surface area contributed by atoms with Gasteiger partial charge in [0.1, 0.15) is 17.9 Å². The van der Waals surface area contributed by atoms with Crippen molar-refractivity contribution in [3.63, 3.8) is 0 Å². The zero-order valence-corrected chi connectivity index (χ0v) is 18.3. The van der Waals surface area contributed by atoms with E-state index in [9.17, 15) is 4.79 Å². The first kappa shape index (κ1) is 20.8. The second-order valence-electron chi connectivity index (χ2n) is 7.77. The minimum Gasteiger partial charge on any atom is -0.497 e. The predicted molar refractivity (Wildman–Crippen MR) is 120 cm³/mol. The van der Waals surface area contributed by atoms with Crippen molar-refractivity contribution >= 4 is 17.4 Å². The summed E-state index contributed by atoms with van der Waals surface area (Å²) in [4.78, 5) is 23.6. The summed E-state index contributed by atoms with van der Waals surface area (Å²) in [6, 6.07) is 9.31. The fraction of sp³-hybridized carbons (Fsp3) is 0.391. The van der Waals surface area contributed by atoms with Crippen molar-refractivity contribution in [2.75, 3.05) is 30.4 Å². The largest absolute Gasteiger partial charge is 0.497 e. The molecule has 162 valence electrons. The number of carbonyl (C=O) groups excluding carboxylic acids is 1. The first-order valence-electron chi connectivity index (χ1n) is 10.6. The number of hydrogen-bond donors (Lipinski definition) is 1. The van der Waals surface area contributed by atoms with Crippen molar-refractivity contribution in [1.29, 1.82) is 0 Å². The quantitative estimate of drug-likeness (QED) is 0.630. The van der Waals surface area contributed by atoms with Crippen molar-refractivity contribution in [1.82, 2.24) is 19.7 Å². The highest BCUT2D eigenvalue weighted by Gasteiger charge is 2.18. The predicted octanol–water partition coefficient (Wildman–Crippen LogP) is 3.46. The molecule has 1 aliphatic heterocycles. The zero-order valence-electron chi connectivity index (χ0n) is 18.3. The summed E-state index contributed by atoms with van der Waals surface area (Å²) in [5.41, 5.74) is 3.74. The summed E-state index contributed by atoms with van der Waals surface area (Å²) in [5.74, 6) is 2.42. The molecule has 3 aromatic rings. The van der Waals surface area contributed by atoms with E-state index < -0.39 is 0 Å². The molecule has 8 heteroatoms. The van der Waals surface area contributed by atoms with E-state index in [1.54, 1.807) is 13.4 Å². The van der Waals surface area contributed by atoms with Crippen LogP contribution in [0.3, 0.4) is 0 Å². The van der Waals surface area contributed by atoms with Crippen LogP contribution in [0, 0.1) is 13.8 Å². The highest BCUT2D eigenvalue weighted by molar-refractivity contribution is 5.90. The number of amides is 1. The van der Waals surface area contributed by atoms with Crippen LogP contribution >= 0.6 is 0 Å². The van der Waals surface area contributed by atoms with E-state index in [0.717, 1.165) is 53.1 Å². The van der Waals surface area contributed by atoms with Crippen molar-refractivity contribution in [2.24, 2.45) is 0 Å². The molecule has 8 nitrogen and oxygen atoms in total. The fourth-order valence-corrected chi connectivity index (χ4v) is 3.97. The number of hydrogen-bond acceptors (Lipinski definition) is 6. The van der Waals surface area contributed by atoms with Gasteiger partial charge in [-0.3, -0.25) is 4.79 Å². The van der Waals surface area contributed by atoms with Gasteiger partial charge in [-0.1, -0.05) is 0 Å². The van der Waals surface area contributed by atoms with Gasteiger partial charge in [0.25, 0.3) is 0 Å². The van der Waals surface area contributed by atoms with E-state index in [1.807, 2.05) is 48.9 Å². The van der Waals surface area contributed by atoms with E-state index in [1.165, 1.54) is 12.8 Å². The molecule has 0 saturated carbocycles. The van der Waals surface area contributed by atoms with Crippen molar-refractivity contribution in [3.8, 4) is 11.6 Å². The highest BCUT2D eigenvalue weighted by atomic mass is 16.5. The van der Waals surface area contributed by atoms with Gasteiger partial charge in [-0.05, 0) is 62.9 Å². The summed E-state index contributed by atoms with van der Waals surface area (Å²) in [6.07, 6.45) is 4.98. The van der Waals surface area contributed by atoms with Crippen LogP contribution in [0.1, 0.15) is 36.2 Å². The fourth-order valence-electron chi connectivity index (χ4n) is 3.97. The molecule has 1 saturated heterocycles. The van der Waals surface area contributed by atoms with Crippen LogP contribution in [-0.4, -0.2) is 45.9 Å². The molecule has 31 heavy (non-hydrogen) atoms. The van der Waals surface area contributed by atoms with Crippen LogP contribution in [0.2, 0.25) is 0 Å². The van der Waals surface area contributed by atoms with E-state index in [4.69, 9.17) is 9.84 Å². The molecule has 1 aromatic carbocycles. The van der Waals surface area contributed by atoms with Gasteiger partial charge < -0.3 is 15.0 Å². The topological polar surface area (TPSA) is 85.2 Å². The molecule has 0 unspecified atom stereocenters. The highest BCUT2D eigenvalue weighted by Crippen LogP contribution is 2.23. The Kier molecular flexibility index (Phi) is 6.16. The van der Waals surface area contributed by atoms with E-state index >= 15 is 0 Å². The van der Waals surface area contributed by atoms with Gasteiger partial charge in [-0.25, -0.2) is 14.6 Å². The minimum atomic E-state index is -0.0323. The monoisotopic (exact) mass is 420 g/mol. The summed E-state index contributed by atoms with van der Waals surface area (Å²) < 4.78 is 7.00. The first-order valence-corrected chi connectivity index (χ1v) is 10.6. The van der Waals surface area contributed by atoms with Crippen LogP contribution in [0.15, 0.2) is 36.7 Å². The minimum absolute atomic E-state index is 0.0323. The number of nitrogens with zero attached hydrogens (tertiary/aromatic N) is 5. The molecule has 2 aromatic heterocycles. The Bertz CT molecular complexity index is 1050. The number of anilines is 2.